The number of hydrogen-bond donors (Lipinski definition) is 0. The Bertz CT molecular complexity index is 832. The van der Waals surface area contributed by atoms with Gasteiger partial charge >= 0.3 is 0 Å². The number of allylic oxidation sites excluding steroid dienone is 2. The number of rotatable bonds is 2. The molecular weight excluding hydrogens is 384 g/mol. The lowest BCUT2D eigenvalue weighted by Crippen LogP contribution is -2.31. The molecular formula is C28H36O3. The molecule has 7 saturated carbocycles. The second-order valence-electron chi connectivity index (χ2n) is 13.8. The second-order valence-corrected chi connectivity index (χ2v) is 13.8. The zero-order valence-corrected chi connectivity index (χ0v) is 18.4. The van der Waals surface area contributed by atoms with Gasteiger partial charge in [0, 0.05) is 0 Å². The molecule has 0 spiro atoms. The summed E-state index contributed by atoms with van der Waals surface area (Å²) < 4.78 is 17.4. The molecule has 3 heterocycles. The predicted octanol–water partition coefficient (Wildman–Crippen LogP) is 4.46. The van der Waals surface area contributed by atoms with Gasteiger partial charge in [0.1, 0.15) is 0 Å². The van der Waals surface area contributed by atoms with E-state index >= 15 is 0 Å². The number of ether oxygens (including phenoxy) is 3. The highest BCUT2D eigenvalue weighted by molar-refractivity contribution is 5.18. The van der Waals surface area contributed by atoms with Gasteiger partial charge in [-0.15, -0.1) is 0 Å². The van der Waals surface area contributed by atoms with Crippen LogP contribution in [0, 0.1) is 71.0 Å². The fraction of sp³-hybridized carbons (Fsp3) is 0.929. The van der Waals surface area contributed by atoms with Gasteiger partial charge in [-0.05, 0) is 122 Å². The summed E-state index contributed by atoms with van der Waals surface area (Å²) in [6.07, 6.45) is 21.3. The summed E-state index contributed by atoms with van der Waals surface area (Å²) in [5, 5.41) is 0. The predicted molar refractivity (Wildman–Crippen MR) is 114 cm³/mol. The van der Waals surface area contributed by atoms with Crippen LogP contribution in [0.15, 0.2) is 12.2 Å². The van der Waals surface area contributed by atoms with Gasteiger partial charge in [0.25, 0.3) is 0 Å². The summed E-state index contributed by atoms with van der Waals surface area (Å²) >= 11 is 0. The van der Waals surface area contributed by atoms with Crippen LogP contribution in [0.5, 0.6) is 0 Å². The molecule has 3 nitrogen and oxygen atoms in total. The van der Waals surface area contributed by atoms with Crippen LogP contribution >= 0.6 is 0 Å². The van der Waals surface area contributed by atoms with E-state index < -0.39 is 0 Å². The monoisotopic (exact) mass is 420 g/mol. The van der Waals surface area contributed by atoms with E-state index in [1.54, 1.807) is 0 Å². The van der Waals surface area contributed by atoms with Crippen molar-refractivity contribution in [1.82, 2.24) is 0 Å². The van der Waals surface area contributed by atoms with Crippen LogP contribution in [0.4, 0.5) is 0 Å². The third-order valence-electron chi connectivity index (χ3n) is 12.9. The average Bonchev–Trinajstić information content (AvgIpc) is 3.59. The maximum atomic E-state index is 5.82. The smallest absolute Gasteiger partial charge is 0.0875 e. The molecule has 10 fully saturated rings. The second kappa shape index (κ2) is 5.47. The summed E-state index contributed by atoms with van der Waals surface area (Å²) in [5.74, 6) is 11.8. The van der Waals surface area contributed by atoms with E-state index in [1.807, 2.05) is 0 Å². The molecule has 31 heavy (non-hydrogen) atoms. The molecule has 11 rings (SSSR count). The first-order chi connectivity index (χ1) is 15.3. The highest BCUT2D eigenvalue weighted by atomic mass is 16.6. The minimum absolute atomic E-state index is 0.707. The Balaban J connectivity index is 0.0000000941. The van der Waals surface area contributed by atoms with Crippen molar-refractivity contribution in [2.75, 3.05) is 0 Å². The average molecular weight is 421 g/mol. The van der Waals surface area contributed by atoms with E-state index in [1.165, 1.54) is 51.4 Å². The Morgan fingerprint density at radius 2 is 0.839 bits per heavy atom. The summed E-state index contributed by atoms with van der Waals surface area (Å²) in [7, 11) is 0. The first kappa shape index (κ1) is 17.1. The Labute approximate surface area is 185 Å². The lowest BCUT2D eigenvalue weighted by Gasteiger charge is -2.31. The van der Waals surface area contributed by atoms with Gasteiger partial charge in [-0.2, -0.15) is 0 Å². The highest BCUT2D eigenvalue weighted by Crippen LogP contribution is 2.68. The normalized spacial score (nSPS) is 72.3. The number of hydrogen-bond acceptors (Lipinski definition) is 3. The highest BCUT2D eigenvalue weighted by Gasteiger charge is 2.70. The fourth-order valence-corrected chi connectivity index (χ4v) is 11.7. The van der Waals surface area contributed by atoms with E-state index in [0.29, 0.717) is 24.4 Å². The van der Waals surface area contributed by atoms with Crippen molar-refractivity contribution in [1.29, 1.82) is 0 Å². The van der Waals surface area contributed by atoms with Gasteiger partial charge in [0.05, 0.1) is 36.6 Å². The summed E-state index contributed by atoms with van der Waals surface area (Å²) in [5.41, 5.74) is 0. The van der Waals surface area contributed by atoms with Crippen molar-refractivity contribution in [3.8, 4) is 0 Å². The molecule has 0 aromatic rings. The SMILES string of the molecule is C1=CC2CC1CC2C1CC2CC1C1OC21.C1C2CC(C1C1CC3CC1C1OC31)C1OC21. The van der Waals surface area contributed by atoms with Crippen LogP contribution in [-0.4, -0.2) is 36.6 Å². The van der Waals surface area contributed by atoms with E-state index in [-0.39, 0.29) is 0 Å². The quantitative estimate of drug-likeness (QED) is 0.489. The van der Waals surface area contributed by atoms with Gasteiger partial charge in [-0.3, -0.25) is 0 Å². The topological polar surface area (TPSA) is 37.6 Å². The molecule has 18 unspecified atom stereocenters. The van der Waals surface area contributed by atoms with Crippen molar-refractivity contribution >= 4 is 0 Å². The molecule has 0 radical (unpaired) electrons. The van der Waals surface area contributed by atoms with Crippen molar-refractivity contribution in [3.05, 3.63) is 12.2 Å². The van der Waals surface area contributed by atoms with Gasteiger partial charge in [0.2, 0.25) is 0 Å². The van der Waals surface area contributed by atoms with Crippen LogP contribution < -0.4 is 0 Å². The molecule has 3 heteroatoms. The molecule has 166 valence electrons. The summed E-state index contributed by atoms with van der Waals surface area (Å²) in [6.45, 7) is 0. The lowest BCUT2D eigenvalue weighted by molar-refractivity contribution is 0.158. The van der Waals surface area contributed by atoms with Crippen LogP contribution in [0.1, 0.15) is 51.4 Å². The molecule has 3 saturated heterocycles. The van der Waals surface area contributed by atoms with Crippen molar-refractivity contribution in [2.45, 2.75) is 88.0 Å². The van der Waals surface area contributed by atoms with E-state index in [2.05, 4.69) is 12.2 Å². The zero-order chi connectivity index (χ0) is 19.6. The van der Waals surface area contributed by atoms with Crippen LogP contribution in [0.3, 0.4) is 0 Å². The van der Waals surface area contributed by atoms with Crippen LogP contribution in [0.2, 0.25) is 0 Å². The first-order valence-electron chi connectivity index (χ1n) is 13.9. The maximum Gasteiger partial charge on any atom is 0.0875 e. The minimum atomic E-state index is 0.707. The maximum absolute atomic E-state index is 5.82. The molecule has 3 aliphatic heterocycles. The van der Waals surface area contributed by atoms with Crippen LogP contribution in [-0.2, 0) is 14.2 Å². The van der Waals surface area contributed by atoms with Gasteiger partial charge in [0.15, 0.2) is 0 Å². The van der Waals surface area contributed by atoms with Gasteiger partial charge < -0.3 is 14.2 Å². The standard InChI is InChI=1S/C14H18O2.C14H18O/c1-5-3-9(13-11(5)15-13)7(1)8-2-6-4-10(8)14-12(6)16-14;1-2-8-3-7(1)4-10(8)11-5-9-6-12(11)14-13(9)15-14/h5-14H,1-4H2;1-2,7-14H,3-6H2. The summed E-state index contributed by atoms with van der Waals surface area (Å²) in [4.78, 5) is 0. The third kappa shape index (κ3) is 2.15. The number of fused-ring (bicyclic) bond motifs is 17. The van der Waals surface area contributed by atoms with Crippen molar-refractivity contribution in [2.24, 2.45) is 71.0 Å². The Kier molecular flexibility index (Phi) is 3.02. The lowest BCUT2D eigenvalue weighted by atomic mass is 9.72. The van der Waals surface area contributed by atoms with E-state index in [0.717, 1.165) is 83.2 Å². The third-order valence-corrected chi connectivity index (χ3v) is 12.9. The van der Waals surface area contributed by atoms with Gasteiger partial charge in [-0.1, -0.05) is 12.2 Å². The minimum Gasteiger partial charge on any atom is -0.369 e. The molecule has 8 bridgehead atoms. The van der Waals surface area contributed by atoms with E-state index in [9.17, 15) is 0 Å². The number of epoxide rings is 3. The summed E-state index contributed by atoms with van der Waals surface area (Å²) in [6, 6.07) is 0. The molecule has 0 amide bonds. The Hall–Kier alpha value is -0.380. The molecule has 0 N–H and O–H groups in total. The van der Waals surface area contributed by atoms with E-state index in [4.69, 9.17) is 14.2 Å². The Morgan fingerprint density at radius 1 is 0.387 bits per heavy atom. The molecule has 8 aliphatic carbocycles. The largest absolute Gasteiger partial charge is 0.369 e. The molecule has 11 aliphatic rings. The zero-order valence-electron chi connectivity index (χ0n) is 18.4. The van der Waals surface area contributed by atoms with Gasteiger partial charge in [-0.25, -0.2) is 0 Å². The first-order valence-corrected chi connectivity index (χ1v) is 13.9. The Morgan fingerprint density at radius 3 is 1.19 bits per heavy atom. The van der Waals surface area contributed by atoms with Crippen molar-refractivity contribution in [3.63, 3.8) is 0 Å². The fourth-order valence-electron chi connectivity index (χ4n) is 11.7. The molecule has 0 aromatic carbocycles. The molecule has 18 atom stereocenters. The van der Waals surface area contributed by atoms with Crippen molar-refractivity contribution < 1.29 is 14.2 Å². The molecule has 0 aromatic heterocycles. The van der Waals surface area contributed by atoms with Crippen LogP contribution in [0.25, 0.3) is 0 Å².